The van der Waals surface area contributed by atoms with Crippen LogP contribution in [0.5, 0.6) is 0 Å². The summed E-state index contributed by atoms with van der Waals surface area (Å²) < 4.78 is 20.0. The number of hydrogen-bond acceptors (Lipinski definition) is 3. The van der Waals surface area contributed by atoms with Gasteiger partial charge in [-0.05, 0) is 71.8 Å². The largest absolute Gasteiger partial charge is 0.437 e. The third-order valence-electron chi connectivity index (χ3n) is 3.86. The fourth-order valence-corrected chi connectivity index (χ4v) is 22.2. The van der Waals surface area contributed by atoms with Crippen molar-refractivity contribution in [3.8, 4) is 0 Å². The van der Waals surface area contributed by atoms with Crippen LogP contribution in [0.1, 0.15) is 32.1 Å². The summed E-state index contributed by atoms with van der Waals surface area (Å²) in [6.45, 7) is 20.4. The van der Waals surface area contributed by atoms with E-state index in [1.54, 1.807) is 0 Å². The molecule has 132 valence electrons. The molecule has 1 atom stereocenters. The van der Waals surface area contributed by atoms with E-state index < -0.39 is 33.8 Å². The molecule has 3 nitrogen and oxygen atoms in total. The highest BCUT2D eigenvalue weighted by molar-refractivity contribution is 6.89. The monoisotopic (exact) mass is 378 g/mol. The Balaban J connectivity index is 2.94. The van der Waals surface area contributed by atoms with Crippen molar-refractivity contribution in [1.29, 1.82) is 0 Å². The van der Waals surface area contributed by atoms with Gasteiger partial charge in [-0.15, -0.1) is 0 Å². The Labute approximate surface area is 142 Å². The molecule has 7 heteroatoms. The predicted molar refractivity (Wildman–Crippen MR) is 106 cm³/mol. The first kappa shape index (κ1) is 20.8. The fourth-order valence-electron chi connectivity index (χ4n) is 3.67. The highest BCUT2D eigenvalue weighted by Gasteiger charge is 2.49. The zero-order valence-corrected chi connectivity index (χ0v) is 20.3. The molecule has 1 unspecified atom stereocenters. The average molecular weight is 379 g/mol. The number of hydrogen-bond donors (Lipinski definition) is 0. The van der Waals surface area contributed by atoms with Crippen molar-refractivity contribution in [1.82, 2.24) is 0 Å². The molecule has 0 radical (unpaired) electrons. The van der Waals surface area contributed by atoms with Gasteiger partial charge in [0.25, 0.3) is 0 Å². The van der Waals surface area contributed by atoms with Crippen molar-refractivity contribution in [2.75, 3.05) is 0 Å². The molecule has 0 amide bonds. The molecule has 0 heterocycles. The minimum absolute atomic E-state index is 0.644. The summed E-state index contributed by atoms with van der Waals surface area (Å²) in [7, 11) is -7.54. The van der Waals surface area contributed by atoms with Crippen molar-refractivity contribution >= 4 is 33.8 Å². The van der Waals surface area contributed by atoms with Gasteiger partial charge in [0.15, 0.2) is 16.6 Å². The van der Waals surface area contributed by atoms with Gasteiger partial charge in [0, 0.05) is 5.54 Å². The molecule has 1 rings (SSSR count). The SMILES string of the molecule is C[Si](C)(C)O[Si](C)(C)O[Si](C)(O[Si](C)(C)C)C1CCCCC1. The van der Waals surface area contributed by atoms with Crippen LogP contribution in [0.25, 0.3) is 0 Å². The van der Waals surface area contributed by atoms with Crippen LogP contribution in [0.2, 0.25) is 64.5 Å². The van der Waals surface area contributed by atoms with Crippen molar-refractivity contribution in [2.24, 2.45) is 0 Å². The van der Waals surface area contributed by atoms with E-state index in [1.165, 1.54) is 32.1 Å². The van der Waals surface area contributed by atoms with Gasteiger partial charge in [0.2, 0.25) is 0 Å². The molecule has 0 aliphatic heterocycles. The summed E-state index contributed by atoms with van der Waals surface area (Å²) in [6.07, 6.45) is 6.61. The van der Waals surface area contributed by atoms with Gasteiger partial charge in [-0.25, -0.2) is 0 Å². The molecule has 0 aromatic carbocycles. The highest BCUT2D eigenvalue weighted by Crippen LogP contribution is 2.41. The zero-order chi connectivity index (χ0) is 17.2. The van der Waals surface area contributed by atoms with E-state index in [-0.39, 0.29) is 0 Å². The van der Waals surface area contributed by atoms with E-state index in [2.05, 4.69) is 58.9 Å². The standard InChI is InChI=1S/C15H38O3Si4/c1-19(2,3)16-21(7,8)18-22(9,17-20(4,5)6)15-13-11-10-12-14-15/h15H,10-14H2,1-9H3. The molecule has 22 heavy (non-hydrogen) atoms. The lowest BCUT2D eigenvalue weighted by Gasteiger charge is -2.45. The second-order valence-electron chi connectivity index (χ2n) is 9.28. The zero-order valence-electron chi connectivity index (χ0n) is 16.3. The van der Waals surface area contributed by atoms with Crippen LogP contribution >= 0.6 is 0 Å². The van der Waals surface area contributed by atoms with Gasteiger partial charge in [0.1, 0.15) is 0 Å². The average Bonchev–Trinajstić information content (AvgIpc) is 2.22. The van der Waals surface area contributed by atoms with E-state index in [0.29, 0.717) is 5.54 Å². The Morgan fingerprint density at radius 1 is 0.591 bits per heavy atom. The minimum atomic E-state index is -2.20. The summed E-state index contributed by atoms with van der Waals surface area (Å²) in [5.74, 6) is 0. The van der Waals surface area contributed by atoms with Gasteiger partial charge in [0.05, 0.1) is 0 Å². The Morgan fingerprint density at radius 3 is 1.45 bits per heavy atom. The molecule has 1 saturated carbocycles. The normalized spacial score (nSPS) is 21.7. The van der Waals surface area contributed by atoms with Crippen molar-refractivity contribution < 1.29 is 12.3 Å². The van der Waals surface area contributed by atoms with Crippen LogP contribution in [0.15, 0.2) is 0 Å². The molecular weight excluding hydrogens is 341 g/mol. The minimum Gasteiger partial charge on any atom is -0.437 e. The molecular formula is C15H38O3Si4. The summed E-state index contributed by atoms with van der Waals surface area (Å²) in [6, 6.07) is 0. The summed E-state index contributed by atoms with van der Waals surface area (Å²) in [4.78, 5) is 0. The van der Waals surface area contributed by atoms with Crippen LogP contribution < -0.4 is 0 Å². The van der Waals surface area contributed by atoms with E-state index >= 15 is 0 Å². The molecule has 0 bridgehead atoms. The topological polar surface area (TPSA) is 27.7 Å². The Kier molecular flexibility index (Phi) is 6.92. The lowest BCUT2D eigenvalue weighted by atomic mass is 10.0. The number of rotatable bonds is 7. The fraction of sp³-hybridized carbons (Fsp3) is 1.00. The van der Waals surface area contributed by atoms with Gasteiger partial charge in [-0.3, -0.25) is 0 Å². The van der Waals surface area contributed by atoms with Crippen molar-refractivity contribution in [3.63, 3.8) is 0 Å². The summed E-state index contributed by atoms with van der Waals surface area (Å²) in [5, 5.41) is 0. The smallest absolute Gasteiger partial charge is 0.319 e. The molecule has 0 saturated heterocycles. The van der Waals surface area contributed by atoms with E-state index in [1.807, 2.05) is 0 Å². The molecule has 0 aromatic heterocycles. The predicted octanol–water partition coefficient (Wildman–Crippen LogP) is 5.81. The van der Waals surface area contributed by atoms with Crippen molar-refractivity contribution in [2.45, 2.75) is 96.6 Å². The molecule has 1 fully saturated rings. The first-order valence-electron chi connectivity index (χ1n) is 8.83. The van der Waals surface area contributed by atoms with Crippen molar-refractivity contribution in [3.05, 3.63) is 0 Å². The maximum atomic E-state index is 6.82. The van der Waals surface area contributed by atoms with E-state index in [4.69, 9.17) is 12.3 Å². The molecule has 1 aliphatic rings. The highest BCUT2D eigenvalue weighted by atomic mass is 28.5. The summed E-state index contributed by atoms with van der Waals surface area (Å²) in [5.41, 5.74) is 0.644. The second kappa shape index (κ2) is 7.33. The van der Waals surface area contributed by atoms with Crippen LogP contribution in [0.4, 0.5) is 0 Å². The molecule has 0 aromatic rings. The van der Waals surface area contributed by atoms with Gasteiger partial charge in [-0.1, -0.05) is 19.3 Å². The quantitative estimate of drug-likeness (QED) is 0.523. The Morgan fingerprint density at radius 2 is 1.05 bits per heavy atom. The third kappa shape index (κ3) is 7.54. The molecule has 0 spiro atoms. The van der Waals surface area contributed by atoms with E-state index in [0.717, 1.165) is 0 Å². The Hall–Kier alpha value is 0.748. The first-order valence-corrected chi connectivity index (χ1v) is 20.9. The molecule has 1 aliphatic carbocycles. The van der Waals surface area contributed by atoms with Gasteiger partial charge < -0.3 is 12.3 Å². The summed E-state index contributed by atoms with van der Waals surface area (Å²) >= 11 is 0. The van der Waals surface area contributed by atoms with Crippen LogP contribution in [-0.4, -0.2) is 33.8 Å². The second-order valence-corrected chi connectivity index (χ2v) is 25.8. The lowest BCUT2D eigenvalue weighted by Crippen LogP contribution is -2.59. The van der Waals surface area contributed by atoms with E-state index in [9.17, 15) is 0 Å². The molecule has 0 N–H and O–H groups in total. The van der Waals surface area contributed by atoms with Gasteiger partial charge in [-0.2, -0.15) is 0 Å². The van der Waals surface area contributed by atoms with Crippen LogP contribution in [0.3, 0.4) is 0 Å². The maximum Gasteiger partial charge on any atom is 0.319 e. The van der Waals surface area contributed by atoms with Gasteiger partial charge >= 0.3 is 17.1 Å². The maximum absolute atomic E-state index is 6.82. The first-order chi connectivity index (χ1) is 9.73. The third-order valence-corrected chi connectivity index (χ3v) is 18.0. The van der Waals surface area contributed by atoms with Crippen LogP contribution in [-0.2, 0) is 12.3 Å². The Bertz CT molecular complexity index is 357. The van der Waals surface area contributed by atoms with Crippen LogP contribution in [0, 0.1) is 0 Å². The lowest BCUT2D eigenvalue weighted by molar-refractivity contribution is 0.294.